The summed E-state index contributed by atoms with van der Waals surface area (Å²) in [4.78, 5) is -0.0259. The lowest BCUT2D eigenvalue weighted by Gasteiger charge is -2.27. The molecule has 0 aromatic carbocycles. The van der Waals surface area contributed by atoms with Crippen LogP contribution in [0.3, 0.4) is 0 Å². The van der Waals surface area contributed by atoms with E-state index in [1.54, 1.807) is 5.32 Å². The van der Waals surface area contributed by atoms with E-state index in [9.17, 15) is 5.11 Å². The maximum absolute atomic E-state index is 10.4. The third kappa shape index (κ3) is 5.39. The summed E-state index contributed by atoms with van der Waals surface area (Å²) in [6.07, 6.45) is -2.28. The van der Waals surface area contributed by atoms with Crippen molar-refractivity contribution in [2.45, 2.75) is 32.3 Å². The third-order valence-electron chi connectivity index (χ3n) is 1.94. The Balaban J connectivity index is 2.36. The molecule has 1 fully saturated rings. The average molecular weight is 333 g/mol. The number of aliphatic hydroxyl groups is 1. The second kappa shape index (κ2) is 7.35. The van der Waals surface area contributed by atoms with Gasteiger partial charge < -0.3 is 24.8 Å². The summed E-state index contributed by atoms with van der Waals surface area (Å²) in [5.74, 6) is -1.60. The quantitative estimate of drug-likeness (QED) is 0.785. The summed E-state index contributed by atoms with van der Waals surface area (Å²) in [6.45, 7) is -23.5. The molecule has 0 saturated carbocycles. The standard InChI is InChI=1S/C13H24N4O3S/c1-13(2,3)14-8-10(18)9-20-12-11(15-21-16-12)17-4-6-19-7-5-17/h10,14,18H,4-9H2,1-3H3/t10-/m0/s1/i1D3,2D3,4D2,5D2,6D2,7D2,8D2. The number of ether oxygens (including phenoxy) is 2. The minimum atomic E-state index is -3.40. The molecule has 0 spiro atoms. The molecule has 0 unspecified atom stereocenters. The van der Waals surface area contributed by atoms with Gasteiger partial charge in [0.1, 0.15) is 12.7 Å². The summed E-state index contributed by atoms with van der Waals surface area (Å²) < 4.78 is 141. The molecule has 8 heteroatoms. The van der Waals surface area contributed by atoms with E-state index in [4.69, 9.17) is 26.7 Å². The Morgan fingerprint density at radius 3 is 3.10 bits per heavy atom. The molecule has 0 aliphatic carbocycles. The predicted molar refractivity (Wildman–Crippen MR) is 82.2 cm³/mol. The van der Waals surface area contributed by atoms with Gasteiger partial charge in [0, 0.05) is 36.0 Å². The monoisotopic (exact) mass is 332 g/mol. The molecule has 1 saturated heterocycles. The highest BCUT2D eigenvalue weighted by atomic mass is 32.1. The Morgan fingerprint density at radius 1 is 1.62 bits per heavy atom. The van der Waals surface area contributed by atoms with Gasteiger partial charge in [0.15, 0.2) is 0 Å². The van der Waals surface area contributed by atoms with Crippen LogP contribution in [0.5, 0.6) is 5.88 Å². The van der Waals surface area contributed by atoms with Crippen LogP contribution in [0.15, 0.2) is 0 Å². The lowest BCUT2D eigenvalue weighted by Crippen LogP contribution is -2.42. The fourth-order valence-electron chi connectivity index (χ4n) is 1.13. The van der Waals surface area contributed by atoms with E-state index in [-0.39, 0.29) is 4.90 Å². The van der Waals surface area contributed by atoms with Crippen LogP contribution in [0.2, 0.25) is 0 Å². The van der Waals surface area contributed by atoms with Crippen molar-refractivity contribution < 1.29 is 36.5 Å². The molecule has 0 bridgehead atoms. The van der Waals surface area contributed by atoms with E-state index in [1.165, 1.54) is 0 Å². The maximum atomic E-state index is 10.4. The van der Waals surface area contributed by atoms with Gasteiger partial charge in [-0.05, 0) is 20.6 Å². The van der Waals surface area contributed by atoms with Crippen molar-refractivity contribution in [2.75, 3.05) is 44.1 Å². The van der Waals surface area contributed by atoms with Crippen molar-refractivity contribution in [2.24, 2.45) is 0 Å². The van der Waals surface area contributed by atoms with Crippen LogP contribution >= 0.6 is 11.7 Å². The molecule has 2 rings (SSSR count). The SMILES string of the molecule is [2H]C([2H])(NC(C)(C([2H])([2H])[2H])C([2H])([2H])[2H])[C@H](O)COc1nsnc1N1C([2H])([2H])C([2H])([2H])OC([2H])([2H])C1([2H])[2H]. The van der Waals surface area contributed by atoms with Crippen molar-refractivity contribution >= 4 is 17.5 Å². The number of aliphatic hydroxyl groups excluding tert-OH is 1. The molecule has 7 nitrogen and oxygen atoms in total. The number of hydrogen-bond donors (Lipinski definition) is 2. The summed E-state index contributed by atoms with van der Waals surface area (Å²) in [5, 5.41) is 12.2. The first-order valence-corrected chi connectivity index (χ1v) is 6.32. The van der Waals surface area contributed by atoms with Gasteiger partial charge in [0.2, 0.25) is 5.82 Å². The van der Waals surface area contributed by atoms with E-state index in [0.717, 1.165) is 6.92 Å². The highest BCUT2D eigenvalue weighted by molar-refractivity contribution is 6.99. The van der Waals surface area contributed by atoms with Gasteiger partial charge in [-0.3, -0.25) is 0 Å². The number of aromatic nitrogens is 2. The Hall–Kier alpha value is -0.960. The lowest BCUT2D eigenvalue weighted by molar-refractivity contribution is 0.0975. The molecule has 120 valence electrons. The first kappa shape index (κ1) is 5.30. The second-order valence-corrected chi connectivity index (χ2v) is 4.51. The molecule has 0 amide bonds. The predicted octanol–water partition coefficient (Wildman–Crippen LogP) is 0.502. The lowest BCUT2D eigenvalue weighted by atomic mass is 10.1. The molecule has 21 heavy (non-hydrogen) atoms. The van der Waals surface area contributed by atoms with E-state index < -0.39 is 76.3 Å². The second-order valence-electron chi connectivity index (χ2n) is 3.98. The number of nitrogens with zero attached hydrogens (tertiary/aromatic N) is 3. The highest BCUT2D eigenvalue weighted by Gasteiger charge is 2.21. The number of anilines is 1. The normalized spacial score (nSPS) is 40.6. The van der Waals surface area contributed by atoms with Crippen LogP contribution in [-0.4, -0.2) is 64.7 Å². The van der Waals surface area contributed by atoms with Gasteiger partial charge in [-0.25, -0.2) is 0 Å². The molecule has 2 N–H and O–H groups in total. The maximum Gasteiger partial charge on any atom is 0.270 e. The zero-order valence-electron chi connectivity index (χ0n) is 26.8. The fraction of sp³-hybridized carbons (Fsp3) is 0.846. The largest absolute Gasteiger partial charge is 0.472 e. The summed E-state index contributed by atoms with van der Waals surface area (Å²) in [5.41, 5.74) is -2.81. The Morgan fingerprint density at radius 2 is 2.38 bits per heavy atom. The number of rotatable bonds is 6. The van der Waals surface area contributed by atoms with Crippen molar-refractivity contribution in [1.82, 2.24) is 14.1 Å². The Bertz CT molecular complexity index is 940. The van der Waals surface area contributed by atoms with Crippen molar-refractivity contribution in [3.05, 3.63) is 0 Å². The first-order valence-electron chi connectivity index (χ1n) is 13.6. The van der Waals surface area contributed by atoms with Crippen LogP contribution in [-0.2, 0) is 4.74 Å². The first-order chi connectivity index (χ1) is 16.2. The van der Waals surface area contributed by atoms with Gasteiger partial charge in [0.05, 0.1) is 35.8 Å². The van der Waals surface area contributed by atoms with Gasteiger partial charge in [-0.15, -0.1) is 4.37 Å². The van der Waals surface area contributed by atoms with Gasteiger partial charge in [-0.2, -0.15) is 4.37 Å². The van der Waals surface area contributed by atoms with E-state index in [0.29, 0.717) is 11.7 Å². The molecular weight excluding hydrogens is 292 g/mol. The van der Waals surface area contributed by atoms with Crippen LogP contribution in [0, 0.1) is 0 Å². The van der Waals surface area contributed by atoms with Crippen molar-refractivity contribution in [1.29, 1.82) is 0 Å². The fourth-order valence-corrected chi connectivity index (χ4v) is 1.61. The molecule has 0 radical (unpaired) electrons. The number of nitrogens with one attached hydrogen (secondary N) is 1. The van der Waals surface area contributed by atoms with Gasteiger partial charge >= 0.3 is 0 Å². The molecule has 1 aliphatic rings. The molecule has 1 aliphatic heterocycles. The zero-order valence-corrected chi connectivity index (χ0v) is 11.6. The van der Waals surface area contributed by atoms with E-state index in [1.807, 2.05) is 0 Å². The smallest absolute Gasteiger partial charge is 0.270 e. The molecule has 1 atom stereocenters. The van der Waals surface area contributed by atoms with E-state index in [2.05, 4.69) is 13.5 Å². The van der Waals surface area contributed by atoms with Crippen molar-refractivity contribution in [3.8, 4) is 5.88 Å². The van der Waals surface area contributed by atoms with Crippen LogP contribution in [0.25, 0.3) is 0 Å². The average Bonchev–Trinajstić information content (AvgIpc) is 3.09. The summed E-state index contributed by atoms with van der Waals surface area (Å²) in [6, 6.07) is 0. The van der Waals surface area contributed by atoms with Gasteiger partial charge in [0.25, 0.3) is 5.88 Å². The van der Waals surface area contributed by atoms with E-state index >= 15 is 0 Å². The Labute approximate surface area is 152 Å². The minimum absolute atomic E-state index is 0.0259. The summed E-state index contributed by atoms with van der Waals surface area (Å²) >= 11 is 0.312. The topological polar surface area (TPSA) is 79.7 Å². The number of hydrogen-bond acceptors (Lipinski definition) is 8. The molecule has 1 aromatic heterocycles. The Kier molecular flexibility index (Phi) is 1.85. The van der Waals surface area contributed by atoms with Crippen LogP contribution in [0.4, 0.5) is 5.82 Å². The molecule has 2 heterocycles. The molecule has 1 aromatic rings. The third-order valence-corrected chi connectivity index (χ3v) is 2.44. The number of morpholine rings is 1. The van der Waals surface area contributed by atoms with Gasteiger partial charge in [-0.1, -0.05) is 0 Å². The summed E-state index contributed by atoms with van der Waals surface area (Å²) in [7, 11) is 0. The number of β-amino-alcohol motifs (C(OH)–C–C–N with tert-alkyl or cyclic N) is 1. The van der Waals surface area contributed by atoms with Crippen LogP contribution < -0.4 is 15.0 Å². The highest BCUT2D eigenvalue weighted by Crippen LogP contribution is 2.26. The zero-order chi connectivity index (χ0) is 29.3. The minimum Gasteiger partial charge on any atom is -0.472 e. The van der Waals surface area contributed by atoms with Crippen LogP contribution in [0.1, 0.15) is 42.6 Å². The molecular formula is C13H24N4O3S. The van der Waals surface area contributed by atoms with Crippen molar-refractivity contribution in [3.63, 3.8) is 0 Å².